The molecule has 0 aliphatic heterocycles. The van der Waals surface area contributed by atoms with E-state index >= 15 is 0 Å². The van der Waals surface area contributed by atoms with Crippen LogP contribution in [0, 0.1) is 6.92 Å². The van der Waals surface area contributed by atoms with Gasteiger partial charge in [-0.05, 0) is 30.2 Å². The van der Waals surface area contributed by atoms with Crippen LogP contribution in [0.3, 0.4) is 0 Å². The molecule has 0 saturated heterocycles. The number of aromatic nitrogens is 1. The van der Waals surface area contributed by atoms with Crippen LogP contribution in [-0.2, 0) is 6.54 Å². The number of nitrogens with zero attached hydrogens (tertiary/aromatic N) is 1. The summed E-state index contributed by atoms with van der Waals surface area (Å²) in [4.78, 5) is 11.3. The molecule has 0 aliphatic rings. The zero-order valence-corrected chi connectivity index (χ0v) is 12.2. The van der Waals surface area contributed by atoms with Crippen LogP contribution in [0.4, 0.5) is 0 Å². The Morgan fingerprint density at radius 1 is 1.19 bits per heavy atom. The number of hydrogen-bond donors (Lipinski definition) is 0. The SMILES string of the molecule is COc1cc(C)c2c(c1)c(C=O)cn2Cc1ccccc1. The van der Waals surface area contributed by atoms with Crippen LogP contribution < -0.4 is 4.74 Å². The third-order valence-electron chi connectivity index (χ3n) is 3.73. The van der Waals surface area contributed by atoms with Crippen molar-refractivity contribution in [2.24, 2.45) is 0 Å². The molecule has 3 aromatic rings. The van der Waals surface area contributed by atoms with Crippen molar-refractivity contribution < 1.29 is 9.53 Å². The fourth-order valence-corrected chi connectivity index (χ4v) is 2.77. The van der Waals surface area contributed by atoms with E-state index in [0.717, 1.165) is 35.0 Å². The number of methoxy groups -OCH3 is 1. The fourth-order valence-electron chi connectivity index (χ4n) is 2.77. The molecule has 0 bridgehead atoms. The molecule has 3 heteroatoms. The van der Waals surface area contributed by atoms with Gasteiger partial charge >= 0.3 is 0 Å². The van der Waals surface area contributed by atoms with E-state index in [1.807, 2.05) is 43.5 Å². The maximum absolute atomic E-state index is 11.3. The van der Waals surface area contributed by atoms with E-state index in [9.17, 15) is 4.79 Å². The van der Waals surface area contributed by atoms with Crippen LogP contribution in [0.15, 0.2) is 48.7 Å². The highest BCUT2D eigenvalue weighted by molar-refractivity contribution is 5.99. The van der Waals surface area contributed by atoms with Crippen molar-refractivity contribution in [2.45, 2.75) is 13.5 Å². The number of hydrogen-bond acceptors (Lipinski definition) is 2. The van der Waals surface area contributed by atoms with E-state index in [0.29, 0.717) is 5.56 Å². The minimum Gasteiger partial charge on any atom is -0.497 e. The van der Waals surface area contributed by atoms with E-state index in [-0.39, 0.29) is 0 Å². The summed E-state index contributed by atoms with van der Waals surface area (Å²) in [5.74, 6) is 0.778. The lowest BCUT2D eigenvalue weighted by Gasteiger charge is -2.09. The summed E-state index contributed by atoms with van der Waals surface area (Å²) < 4.78 is 7.43. The molecule has 0 radical (unpaired) electrons. The first-order valence-electron chi connectivity index (χ1n) is 6.89. The topological polar surface area (TPSA) is 31.2 Å². The van der Waals surface area contributed by atoms with Crippen LogP contribution in [0.25, 0.3) is 10.9 Å². The van der Waals surface area contributed by atoms with Gasteiger partial charge in [0.25, 0.3) is 0 Å². The van der Waals surface area contributed by atoms with E-state index in [2.05, 4.69) is 16.7 Å². The molecule has 3 nitrogen and oxygen atoms in total. The van der Waals surface area contributed by atoms with E-state index < -0.39 is 0 Å². The first kappa shape index (κ1) is 13.4. The number of aldehydes is 1. The number of aryl methyl sites for hydroxylation is 1. The van der Waals surface area contributed by atoms with Crippen molar-refractivity contribution in [3.63, 3.8) is 0 Å². The second-order valence-electron chi connectivity index (χ2n) is 5.16. The third kappa shape index (κ3) is 2.42. The highest BCUT2D eigenvalue weighted by Gasteiger charge is 2.12. The van der Waals surface area contributed by atoms with Crippen molar-refractivity contribution in [3.05, 3.63) is 65.4 Å². The first-order chi connectivity index (χ1) is 10.2. The van der Waals surface area contributed by atoms with Gasteiger partial charge in [0.1, 0.15) is 5.75 Å². The average Bonchev–Trinajstić information content (AvgIpc) is 2.86. The molecule has 1 aromatic heterocycles. The van der Waals surface area contributed by atoms with Gasteiger partial charge in [-0.15, -0.1) is 0 Å². The molecular formula is C18H17NO2. The Morgan fingerprint density at radius 3 is 2.62 bits per heavy atom. The standard InChI is InChI=1S/C18H17NO2/c1-13-8-16(21-2)9-17-15(12-20)11-19(18(13)17)10-14-6-4-3-5-7-14/h3-9,11-12H,10H2,1-2H3. The smallest absolute Gasteiger partial charge is 0.152 e. The molecule has 0 spiro atoms. The van der Waals surface area contributed by atoms with Gasteiger partial charge in [0, 0.05) is 23.7 Å². The average molecular weight is 279 g/mol. The Balaban J connectivity index is 2.17. The summed E-state index contributed by atoms with van der Waals surface area (Å²) in [7, 11) is 1.64. The van der Waals surface area contributed by atoms with Crippen LogP contribution in [-0.4, -0.2) is 18.0 Å². The Labute approximate surface area is 123 Å². The molecule has 0 unspecified atom stereocenters. The summed E-state index contributed by atoms with van der Waals surface area (Å²) >= 11 is 0. The molecule has 0 N–H and O–H groups in total. The lowest BCUT2D eigenvalue weighted by molar-refractivity contribution is 0.112. The van der Waals surface area contributed by atoms with Crippen LogP contribution in [0.2, 0.25) is 0 Å². The summed E-state index contributed by atoms with van der Waals surface area (Å²) in [6.07, 6.45) is 2.82. The second-order valence-corrected chi connectivity index (χ2v) is 5.16. The first-order valence-corrected chi connectivity index (χ1v) is 6.89. The van der Waals surface area contributed by atoms with Gasteiger partial charge in [0.05, 0.1) is 12.6 Å². The van der Waals surface area contributed by atoms with Crippen molar-refractivity contribution in [2.75, 3.05) is 7.11 Å². The number of rotatable bonds is 4. The molecular weight excluding hydrogens is 262 g/mol. The van der Waals surface area contributed by atoms with Crippen LogP contribution >= 0.6 is 0 Å². The molecule has 0 aliphatic carbocycles. The molecule has 106 valence electrons. The fraction of sp³-hybridized carbons (Fsp3) is 0.167. The van der Waals surface area contributed by atoms with Gasteiger partial charge in [-0.25, -0.2) is 0 Å². The van der Waals surface area contributed by atoms with Gasteiger partial charge in [0.15, 0.2) is 6.29 Å². The molecule has 2 aromatic carbocycles. The van der Waals surface area contributed by atoms with Gasteiger partial charge in [-0.1, -0.05) is 30.3 Å². The number of carbonyl (C=O) groups excluding carboxylic acids is 1. The molecule has 0 fully saturated rings. The Kier molecular flexibility index (Phi) is 3.48. The highest BCUT2D eigenvalue weighted by atomic mass is 16.5. The molecule has 0 saturated carbocycles. The largest absolute Gasteiger partial charge is 0.497 e. The zero-order valence-electron chi connectivity index (χ0n) is 12.2. The van der Waals surface area contributed by atoms with Gasteiger partial charge in [0.2, 0.25) is 0 Å². The number of fused-ring (bicyclic) bond motifs is 1. The summed E-state index contributed by atoms with van der Waals surface area (Å²) in [6, 6.07) is 14.2. The third-order valence-corrected chi connectivity index (χ3v) is 3.73. The summed E-state index contributed by atoms with van der Waals surface area (Å²) in [5.41, 5.74) is 4.10. The maximum atomic E-state index is 11.3. The molecule has 1 heterocycles. The number of ether oxygens (including phenoxy) is 1. The Morgan fingerprint density at radius 2 is 1.95 bits per heavy atom. The molecule has 0 amide bonds. The number of benzene rings is 2. The lowest BCUT2D eigenvalue weighted by atomic mass is 10.1. The lowest BCUT2D eigenvalue weighted by Crippen LogP contribution is -1.99. The van der Waals surface area contributed by atoms with Crippen molar-refractivity contribution in [3.8, 4) is 5.75 Å². The Bertz CT molecular complexity index is 788. The molecule has 21 heavy (non-hydrogen) atoms. The monoisotopic (exact) mass is 279 g/mol. The van der Waals surface area contributed by atoms with Gasteiger partial charge in [-0.2, -0.15) is 0 Å². The minimum absolute atomic E-state index is 0.697. The quantitative estimate of drug-likeness (QED) is 0.680. The normalized spacial score (nSPS) is 10.8. The summed E-state index contributed by atoms with van der Waals surface area (Å²) in [6.45, 7) is 2.79. The van der Waals surface area contributed by atoms with Crippen LogP contribution in [0.1, 0.15) is 21.5 Å². The molecule has 0 atom stereocenters. The molecule has 3 rings (SSSR count). The van der Waals surface area contributed by atoms with E-state index in [1.54, 1.807) is 7.11 Å². The van der Waals surface area contributed by atoms with Crippen LogP contribution in [0.5, 0.6) is 5.75 Å². The predicted octanol–water partition coefficient (Wildman–Crippen LogP) is 3.82. The summed E-state index contributed by atoms with van der Waals surface area (Å²) in [5, 5.41) is 0.942. The maximum Gasteiger partial charge on any atom is 0.152 e. The second kappa shape index (κ2) is 5.44. The van der Waals surface area contributed by atoms with Gasteiger partial charge < -0.3 is 9.30 Å². The zero-order chi connectivity index (χ0) is 14.8. The van der Waals surface area contributed by atoms with Crippen molar-refractivity contribution in [1.82, 2.24) is 4.57 Å². The van der Waals surface area contributed by atoms with Crippen molar-refractivity contribution in [1.29, 1.82) is 0 Å². The van der Waals surface area contributed by atoms with Crippen molar-refractivity contribution >= 4 is 17.2 Å². The van der Waals surface area contributed by atoms with Gasteiger partial charge in [-0.3, -0.25) is 4.79 Å². The number of carbonyl (C=O) groups is 1. The Hall–Kier alpha value is -2.55. The van der Waals surface area contributed by atoms with E-state index in [1.165, 1.54) is 5.56 Å². The van der Waals surface area contributed by atoms with E-state index in [4.69, 9.17) is 4.74 Å². The highest BCUT2D eigenvalue weighted by Crippen LogP contribution is 2.29. The minimum atomic E-state index is 0.697. The predicted molar refractivity (Wildman–Crippen MR) is 84.2 cm³/mol.